The van der Waals surface area contributed by atoms with Crippen molar-refractivity contribution in [1.82, 2.24) is 44.6 Å². The standard InChI is InChI=1S/C34H36F3N11O4/c1-4-48-43-29(42-44-48)27-26(52-32(50)34(35,36)37)25(49)31(51-27)47-17-39-24-28(40-33(41-30(24)47)46-14-13-18(16-46)45(2)3)38-15-23-21-11-7-5-9-19(21)20-10-6-8-12-22(20)23/h5-12,17-18,23,25-27,31,49H,4,13-16H2,1-3H3,(H,38,40,41)/t18-,25-,26+,27+,31-/m1/s1. The third kappa shape index (κ3) is 5.89. The molecule has 0 bridgehead atoms. The number of imidazole rings is 1. The Morgan fingerprint density at radius 1 is 1.10 bits per heavy atom. The molecule has 18 heteroatoms. The van der Waals surface area contributed by atoms with Gasteiger partial charge in [0.1, 0.15) is 6.10 Å². The summed E-state index contributed by atoms with van der Waals surface area (Å²) in [5.74, 6) is -1.79. The number of tetrazole rings is 1. The molecular weight excluding hydrogens is 683 g/mol. The Balaban J connectivity index is 1.17. The quantitative estimate of drug-likeness (QED) is 0.214. The molecule has 2 saturated heterocycles. The Bertz CT molecular complexity index is 2080. The number of likely N-dealkylation sites (N-methyl/N-ethyl adjacent to an activating group) is 1. The van der Waals surface area contributed by atoms with E-state index in [4.69, 9.17) is 19.4 Å². The largest absolute Gasteiger partial charge is 0.490 e. The van der Waals surface area contributed by atoms with Crippen molar-refractivity contribution in [3.8, 4) is 11.1 Å². The third-order valence-corrected chi connectivity index (χ3v) is 9.99. The number of rotatable bonds is 9. The summed E-state index contributed by atoms with van der Waals surface area (Å²) in [6.07, 6.45) is -9.56. The Kier molecular flexibility index (Phi) is 8.54. The van der Waals surface area contributed by atoms with Gasteiger partial charge in [-0.1, -0.05) is 48.5 Å². The predicted molar refractivity (Wildman–Crippen MR) is 180 cm³/mol. The lowest BCUT2D eigenvalue weighted by Gasteiger charge is -2.22. The minimum absolute atomic E-state index is 0.0155. The number of aliphatic hydroxyl groups is 1. The predicted octanol–water partition coefficient (Wildman–Crippen LogP) is 3.30. The molecule has 0 amide bonds. The molecule has 0 spiro atoms. The zero-order valence-corrected chi connectivity index (χ0v) is 28.5. The van der Waals surface area contributed by atoms with Gasteiger partial charge in [0.25, 0.3) is 0 Å². The van der Waals surface area contributed by atoms with Crippen molar-refractivity contribution in [2.75, 3.05) is 43.9 Å². The third-order valence-electron chi connectivity index (χ3n) is 9.99. The molecule has 0 unspecified atom stereocenters. The molecule has 3 aliphatic rings. The zero-order chi connectivity index (χ0) is 36.3. The summed E-state index contributed by atoms with van der Waals surface area (Å²) in [7, 11) is 4.03. The van der Waals surface area contributed by atoms with Crippen LogP contribution in [0.3, 0.4) is 0 Å². The number of hydrogen-bond acceptors (Lipinski definition) is 13. The van der Waals surface area contributed by atoms with Crippen LogP contribution in [0.2, 0.25) is 0 Å². The van der Waals surface area contributed by atoms with E-state index >= 15 is 0 Å². The van der Waals surface area contributed by atoms with Gasteiger partial charge in [-0.2, -0.15) is 27.9 Å². The van der Waals surface area contributed by atoms with Gasteiger partial charge >= 0.3 is 12.1 Å². The molecule has 2 aliphatic heterocycles. The van der Waals surface area contributed by atoms with E-state index in [0.717, 1.165) is 6.42 Å². The van der Waals surface area contributed by atoms with E-state index in [0.29, 0.717) is 43.5 Å². The number of aryl methyl sites for hydroxylation is 1. The van der Waals surface area contributed by atoms with Gasteiger partial charge in [-0.25, -0.2) is 9.78 Å². The van der Waals surface area contributed by atoms with Crippen LogP contribution in [0.15, 0.2) is 54.9 Å². The van der Waals surface area contributed by atoms with Crippen LogP contribution in [0.25, 0.3) is 22.3 Å². The lowest BCUT2D eigenvalue weighted by molar-refractivity contribution is -0.210. The Morgan fingerprint density at radius 3 is 2.44 bits per heavy atom. The number of nitrogens with one attached hydrogen (secondary N) is 1. The first kappa shape index (κ1) is 33.9. The van der Waals surface area contributed by atoms with E-state index in [9.17, 15) is 23.1 Å². The summed E-state index contributed by atoms with van der Waals surface area (Å²) in [5.41, 5.74) is 5.31. The Morgan fingerprint density at radius 2 is 1.81 bits per heavy atom. The highest BCUT2D eigenvalue weighted by Gasteiger charge is 2.53. The van der Waals surface area contributed by atoms with E-state index in [1.165, 1.54) is 37.9 Å². The zero-order valence-electron chi connectivity index (χ0n) is 28.5. The summed E-state index contributed by atoms with van der Waals surface area (Å²) in [4.78, 5) is 31.8. The number of carbonyl (C=O) groups excluding carboxylic acids is 1. The van der Waals surface area contributed by atoms with Crippen molar-refractivity contribution in [3.05, 3.63) is 71.8 Å². The van der Waals surface area contributed by atoms with Gasteiger partial charge in [0.05, 0.1) is 12.9 Å². The lowest BCUT2D eigenvalue weighted by atomic mass is 9.97. The molecule has 5 heterocycles. The van der Waals surface area contributed by atoms with Crippen LogP contribution in [-0.4, -0.2) is 114 Å². The molecular formula is C34H36F3N11O4. The van der Waals surface area contributed by atoms with Gasteiger partial charge in [0.2, 0.25) is 11.8 Å². The molecule has 3 aromatic heterocycles. The fraction of sp³-hybridized carbons (Fsp3) is 0.441. The highest BCUT2D eigenvalue weighted by atomic mass is 19.4. The Labute approximate surface area is 295 Å². The fourth-order valence-electron chi connectivity index (χ4n) is 7.29. The van der Waals surface area contributed by atoms with Crippen LogP contribution >= 0.6 is 0 Å². The molecule has 0 radical (unpaired) electrons. The van der Waals surface area contributed by atoms with Gasteiger partial charge in [0.15, 0.2) is 35.4 Å². The molecule has 5 aromatic rings. The molecule has 15 nitrogen and oxygen atoms in total. The topological polar surface area (TPSA) is 161 Å². The highest BCUT2D eigenvalue weighted by Crippen LogP contribution is 2.45. The number of carbonyl (C=O) groups is 1. The SMILES string of the molecule is CCn1nnc([C@H]2O[C@@H](n3cnc4c(NCC5c6ccccc6-c6ccccc65)nc(N5CC[C@@H](N(C)C)C5)nc43)[C@H](O)[C@@H]2OC(=O)C(F)(F)F)n1. The van der Waals surface area contributed by atoms with Crippen LogP contribution in [0.4, 0.5) is 24.9 Å². The minimum Gasteiger partial charge on any atom is -0.449 e. The van der Waals surface area contributed by atoms with Crippen LogP contribution in [0.1, 0.15) is 48.5 Å². The van der Waals surface area contributed by atoms with Crippen LogP contribution in [-0.2, 0) is 20.8 Å². The van der Waals surface area contributed by atoms with Crippen molar-refractivity contribution < 1.29 is 32.5 Å². The summed E-state index contributed by atoms with van der Waals surface area (Å²) >= 11 is 0. The average Bonchev–Trinajstić information content (AvgIpc) is 3.97. The number of benzene rings is 2. The summed E-state index contributed by atoms with van der Waals surface area (Å²) in [6, 6.07) is 16.8. The second kappa shape index (κ2) is 13.1. The van der Waals surface area contributed by atoms with Crippen molar-refractivity contribution in [3.63, 3.8) is 0 Å². The first-order valence-corrected chi connectivity index (χ1v) is 17.0. The van der Waals surface area contributed by atoms with Crippen LogP contribution in [0.5, 0.6) is 0 Å². The average molecular weight is 720 g/mol. The maximum absolute atomic E-state index is 13.4. The van der Waals surface area contributed by atoms with Gasteiger partial charge < -0.3 is 29.7 Å². The molecule has 1 aliphatic carbocycles. The monoisotopic (exact) mass is 719 g/mol. The first-order chi connectivity index (χ1) is 25.0. The fourth-order valence-corrected chi connectivity index (χ4v) is 7.29. The number of alkyl halides is 3. The molecule has 272 valence electrons. The summed E-state index contributed by atoms with van der Waals surface area (Å²) in [5, 5.41) is 26.9. The van der Waals surface area contributed by atoms with Gasteiger partial charge in [-0.15, -0.1) is 10.2 Å². The second-order valence-electron chi connectivity index (χ2n) is 13.3. The number of fused-ring (bicyclic) bond motifs is 4. The Hall–Kier alpha value is -5.20. The smallest absolute Gasteiger partial charge is 0.449 e. The van der Waals surface area contributed by atoms with Crippen LogP contribution < -0.4 is 10.2 Å². The van der Waals surface area contributed by atoms with Gasteiger partial charge in [-0.3, -0.25) is 4.57 Å². The number of hydrogen-bond donors (Lipinski definition) is 2. The molecule has 5 atom stereocenters. The maximum Gasteiger partial charge on any atom is 0.490 e. The van der Waals surface area contributed by atoms with Crippen molar-refractivity contribution >= 4 is 28.9 Å². The molecule has 2 aromatic carbocycles. The van der Waals surface area contributed by atoms with Gasteiger partial charge in [0, 0.05) is 31.6 Å². The van der Waals surface area contributed by atoms with Gasteiger partial charge in [-0.05, 0) is 54.9 Å². The molecule has 52 heavy (non-hydrogen) atoms. The molecule has 2 fully saturated rings. The van der Waals surface area contributed by atoms with E-state index < -0.39 is 36.7 Å². The normalized spacial score (nSPS) is 23.1. The molecule has 8 rings (SSSR count). The summed E-state index contributed by atoms with van der Waals surface area (Å²) < 4.78 is 52.4. The maximum atomic E-state index is 13.4. The minimum atomic E-state index is -5.32. The molecule has 0 saturated carbocycles. The summed E-state index contributed by atoms with van der Waals surface area (Å²) in [6.45, 7) is 3.87. The second-order valence-corrected chi connectivity index (χ2v) is 13.3. The first-order valence-electron chi connectivity index (χ1n) is 17.0. The number of ether oxygens (including phenoxy) is 2. The number of halogens is 3. The van der Waals surface area contributed by atoms with E-state index in [-0.39, 0.29) is 23.4 Å². The lowest BCUT2D eigenvalue weighted by Crippen LogP contribution is -2.38. The number of anilines is 2. The number of esters is 1. The molecule has 2 N–H and O–H groups in total. The van der Waals surface area contributed by atoms with Crippen molar-refractivity contribution in [1.29, 1.82) is 0 Å². The number of nitrogens with zero attached hydrogens (tertiary/aromatic N) is 10. The number of aliphatic hydroxyl groups excluding tert-OH is 1. The van der Waals surface area contributed by atoms with E-state index in [1.54, 1.807) is 6.92 Å². The van der Waals surface area contributed by atoms with E-state index in [2.05, 4.69) is 59.8 Å². The van der Waals surface area contributed by atoms with E-state index in [1.807, 2.05) is 38.4 Å². The van der Waals surface area contributed by atoms with Crippen LogP contribution in [0, 0.1) is 0 Å². The van der Waals surface area contributed by atoms with Crippen molar-refractivity contribution in [2.24, 2.45) is 0 Å². The number of aromatic nitrogens is 8. The van der Waals surface area contributed by atoms with Crippen molar-refractivity contribution in [2.45, 2.75) is 62.6 Å². The highest BCUT2D eigenvalue weighted by molar-refractivity contribution is 5.85.